The Kier molecular flexibility index (Phi) is 5.39. The zero-order chi connectivity index (χ0) is 20.3. The molecule has 0 bridgehead atoms. The van der Waals surface area contributed by atoms with Crippen LogP contribution in [0.2, 0.25) is 0 Å². The molecule has 0 atom stereocenters. The summed E-state index contributed by atoms with van der Waals surface area (Å²) in [4.78, 5) is 39.9. The molecule has 2 N–H and O–H groups in total. The molecule has 0 aliphatic heterocycles. The number of rotatable bonds is 6. The molecule has 2 aromatic carbocycles. The van der Waals surface area contributed by atoms with Crippen molar-refractivity contribution in [3.05, 3.63) is 74.6 Å². The second kappa shape index (κ2) is 7.91. The number of anilines is 2. The van der Waals surface area contributed by atoms with E-state index in [0.717, 1.165) is 24.8 Å². The molecule has 0 spiro atoms. The second-order valence-corrected chi connectivity index (χ2v) is 6.21. The molecular formula is C20H20N4O4. The molecule has 0 fully saturated rings. The van der Waals surface area contributed by atoms with Gasteiger partial charge in [-0.25, -0.2) is 0 Å². The molecular weight excluding hydrogens is 360 g/mol. The summed E-state index contributed by atoms with van der Waals surface area (Å²) in [5.74, 6) is -0.507. The Morgan fingerprint density at radius 1 is 1.11 bits per heavy atom. The van der Waals surface area contributed by atoms with Crippen LogP contribution in [0.4, 0.5) is 17.1 Å². The van der Waals surface area contributed by atoms with E-state index < -0.39 is 16.4 Å². The van der Waals surface area contributed by atoms with Gasteiger partial charge in [-0.15, -0.1) is 0 Å². The first-order valence-corrected chi connectivity index (χ1v) is 8.90. The third kappa shape index (κ3) is 3.85. The Bertz CT molecular complexity index is 1090. The van der Waals surface area contributed by atoms with Crippen LogP contribution in [0, 0.1) is 10.1 Å². The molecule has 28 heavy (non-hydrogen) atoms. The third-order valence-corrected chi connectivity index (χ3v) is 4.54. The first-order valence-electron chi connectivity index (χ1n) is 8.90. The Morgan fingerprint density at radius 2 is 1.79 bits per heavy atom. The van der Waals surface area contributed by atoms with Crippen molar-refractivity contribution in [1.82, 2.24) is 4.98 Å². The van der Waals surface area contributed by atoms with Gasteiger partial charge in [0, 0.05) is 53.6 Å². The SMILES string of the molecule is CCN(CC)c1ccc(NC(=O)c2cc(=O)[nH]c3ccc([N+](=O)[O-])cc23)cc1. The lowest BCUT2D eigenvalue weighted by Gasteiger charge is -2.21. The monoisotopic (exact) mass is 380 g/mol. The largest absolute Gasteiger partial charge is 0.372 e. The van der Waals surface area contributed by atoms with Gasteiger partial charge in [0.1, 0.15) is 0 Å². The average Bonchev–Trinajstić information content (AvgIpc) is 2.69. The van der Waals surface area contributed by atoms with E-state index >= 15 is 0 Å². The average molecular weight is 380 g/mol. The van der Waals surface area contributed by atoms with Gasteiger partial charge in [0.2, 0.25) is 5.56 Å². The Labute approximate surface area is 161 Å². The number of carbonyl (C=O) groups is 1. The highest BCUT2D eigenvalue weighted by Gasteiger charge is 2.16. The summed E-state index contributed by atoms with van der Waals surface area (Å²) >= 11 is 0. The molecule has 1 heterocycles. The van der Waals surface area contributed by atoms with Crippen molar-refractivity contribution in [3.63, 3.8) is 0 Å². The van der Waals surface area contributed by atoms with Gasteiger partial charge >= 0.3 is 0 Å². The van der Waals surface area contributed by atoms with Gasteiger partial charge in [0.25, 0.3) is 11.6 Å². The Balaban J connectivity index is 1.94. The van der Waals surface area contributed by atoms with Crippen LogP contribution in [-0.4, -0.2) is 28.9 Å². The topological polar surface area (TPSA) is 108 Å². The number of amides is 1. The van der Waals surface area contributed by atoms with E-state index in [1.54, 1.807) is 12.1 Å². The minimum Gasteiger partial charge on any atom is -0.372 e. The van der Waals surface area contributed by atoms with Crippen molar-refractivity contribution in [3.8, 4) is 0 Å². The van der Waals surface area contributed by atoms with Crippen LogP contribution in [0.25, 0.3) is 10.9 Å². The van der Waals surface area contributed by atoms with Crippen molar-refractivity contribution < 1.29 is 9.72 Å². The Morgan fingerprint density at radius 3 is 2.39 bits per heavy atom. The summed E-state index contributed by atoms with van der Waals surface area (Å²) < 4.78 is 0. The summed E-state index contributed by atoms with van der Waals surface area (Å²) in [6.07, 6.45) is 0. The van der Waals surface area contributed by atoms with Crippen LogP contribution in [0.1, 0.15) is 24.2 Å². The number of benzene rings is 2. The fourth-order valence-corrected chi connectivity index (χ4v) is 3.09. The van der Waals surface area contributed by atoms with E-state index in [1.165, 1.54) is 18.2 Å². The molecule has 144 valence electrons. The smallest absolute Gasteiger partial charge is 0.270 e. The maximum atomic E-state index is 12.7. The van der Waals surface area contributed by atoms with E-state index in [1.807, 2.05) is 12.1 Å². The minimum atomic E-state index is -0.543. The predicted molar refractivity (Wildman–Crippen MR) is 109 cm³/mol. The van der Waals surface area contributed by atoms with Gasteiger partial charge in [0.15, 0.2) is 0 Å². The molecule has 0 saturated heterocycles. The number of fused-ring (bicyclic) bond motifs is 1. The van der Waals surface area contributed by atoms with Gasteiger partial charge in [0.05, 0.1) is 10.5 Å². The first-order chi connectivity index (χ1) is 13.4. The summed E-state index contributed by atoms with van der Waals surface area (Å²) in [5.41, 5.74) is 1.44. The van der Waals surface area contributed by atoms with Gasteiger partial charge in [-0.05, 0) is 44.2 Å². The van der Waals surface area contributed by atoms with Crippen LogP contribution < -0.4 is 15.8 Å². The number of hydrogen-bond donors (Lipinski definition) is 2. The highest BCUT2D eigenvalue weighted by molar-refractivity contribution is 6.12. The molecule has 8 nitrogen and oxygen atoms in total. The second-order valence-electron chi connectivity index (χ2n) is 6.21. The lowest BCUT2D eigenvalue weighted by Crippen LogP contribution is -2.21. The number of non-ortho nitro benzene ring substituents is 1. The summed E-state index contributed by atoms with van der Waals surface area (Å²) in [5, 5.41) is 14.1. The van der Waals surface area contributed by atoms with Crippen LogP contribution in [0.3, 0.4) is 0 Å². The van der Waals surface area contributed by atoms with Crippen LogP contribution in [-0.2, 0) is 0 Å². The number of nitro benzene ring substituents is 1. The number of nitrogens with one attached hydrogen (secondary N) is 2. The molecule has 1 amide bonds. The molecule has 0 radical (unpaired) electrons. The van der Waals surface area contributed by atoms with Gasteiger partial charge in [-0.2, -0.15) is 0 Å². The maximum absolute atomic E-state index is 12.7. The number of H-pyrrole nitrogens is 1. The minimum absolute atomic E-state index is 0.0790. The molecule has 8 heteroatoms. The molecule has 0 saturated carbocycles. The lowest BCUT2D eigenvalue weighted by molar-refractivity contribution is -0.384. The van der Waals surface area contributed by atoms with Gasteiger partial charge < -0.3 is 15.2 Å². The van der Waals surface area contributed by atoms with Crippen molar-refractivity contribution >= 4 is 33.9 Å². The summed E-state index contributed by atoms with van der Waals surface area (Å²) in [7, 11) is 0. The normalized spacial score (nSPS) is 10.6. The van der Waals surface area contributed by atoms with Gasteiger partial charge in [-0.3, -0.25) is 19.7 Å². The maximum Gasteiger partial charge on any atom is 0.270 e. The number of nitrogens with zero attached hydrogens (tertiary/aromatic N) is 2. The molecule has 1 aromatic heterocycles. The molecule has 3 aromatic rings. The molecule has 0 aliphatic rings. The van der Waals surface area contributed by atoms with E-state index in [9.17, 15) is 19.7 Å². The van der Waals surface area contributed by atoms with E-state index in [0.29, 0.717) is 16.6 Å². The summed E-state index contributed by atoms with van der Waals surface area (Å²) in [6, 6.07) is 12.5. The molecule has 3 rings (SSSR count). The van der Waals surface area contributed by atoms with Crippen molar-refractivity contribution in [2.45, 2.75) is 13.8 Å². The van der Waals surface area contributed by atoms with Crippen molar-refractivity contribution in [1.29, 1.82) is 0 Å². The fourth-order valence-electron chi connectivity index (χ4n) is 3.09. The number of aromatic nitrogens is 1. The standard InChI is InChI=1S/C20H20N4O4/c1-3-23(4-2)14-7-5-13(6-8-14)21-20(26)17-12-19(25)22-18-10-9-15(24(27)28)11-16(17)18/h5-12H,3-4H2,1-2H3,(H,21,26)(H,22,25). The Hall–Kier alpha value is -3.68. The quantitative estimate of drug-likeness (QED) is 0.502. The zero-order valence-electron chi connectivity index (χ0n) is 15.6. The number of hydrogen-bond acceptors (Lipinski definition) is 5. The lowest BCUT2D eigenvalue weighted by atomic mass is 10.1. The van der Waals surface area contributed by atoms with E-state index in [4.69, 9.17) is 0 Å². The van der Waals surface area contributed by atoms with Gasteiger partial charge in [-0.1, -0.05) is 0 Å². The van der Waals surface area contributed by atoms with E-state index in [2.05, 4.69) is 29.0 Å². The molecule has 0 unspecified atom stereocenters. The van der Waals surface area contributed by atoms with Crippen molar-refractivity contribution in [2.24, 2.45) is 0 Å². The number of pyridine rings is 1. The zero-order valence-corrected chi connectivity index (χ0v) is 15.6. The highest BCUT2D eigenvalue weighted by Crippen LogP contribution is 2.23. The third-order valence-electron chi connectivity index (χ3n) is 4.54. The van der Waals surface area contributed by atoms with E-state index in [-0.39, 0.29) is 11.3 Å². The fraction of sp³-hybridized carbons (Fsp3) is 0.200. The van der Waals surface area contributed by atoms with Crippen LogP contribution in [0.15, 0.2) is 53.3 Å². The number of carbonyl (C=O) groups excluding carboxylic acids is 1. The predicted octanol–water partition coefficient (Wildman–Crippen LogP) is 3.53. The first kappa shape index (κ1) is 19.1. The number of aromatic amines is 1. The number of nitro groups is 1. The van der Waals surface area contributed by atoms with Crippen LogP contribution in [0.5, 0.6) is 0 Å². The van der Waals surface area contributed by atoms with Crippen molar-refractivity contribution in [2.75, 3.05) is 23.3 Å². The van der Waals surface area contributed by atoms with Crippen LogP contribution >= 0.6 is 0 Å². The summed E-state index contributed by atoms with van der Waals surface area (Å²) in [6.45, 7) is 5.88. The highest BCUT2D eigenvalue weighted by atomic mass is 16.6. The molecule has 0 aliphatic carbocycles.